The van der Waals surface area contributed by atoms with E-state index in [1.165, 1.54) is 5.56 Å². The lowest BCUT2D eigenvalue weighted by atomic mass is 10.0. The Hall–Kier alpha value is -4.22. The number of aryl methyl sites for hydroxylation is 4. The van der Waals surface area contributed by atoms with E-state index >= 15 is 0 Å². The van der Waals surface area contributed by atoms with Gasteiger partial charge in [0, 0.05) is 66.9 Å². The molecule has 5 heterocycles. The maximum Gasteiger partial charge on any atom is 0.223 e. The van der Waals surface area contributed by atoms with Crippen molar-refractivity contribution in [2.75, 3.05) is 50.0 Å². The van der Waals surface area contributed by atoms with E-state index in [1.54, 1.807) is 0 Å². The first-order chi connectivity index (χ1) is 23.3. The number of piperidine rings is 2. The molecule has 2 aliphatic heterocycles. The standard InChI is InChI=1S/C26H35N5O2.C11H18N4/c1-5-32-23-16-21(17-24(33-6-2)25(23)31-11-7-8-12-31)18-30-13-9-22(10-14-30)29-26-27-19(3)15-20(4)28-26;1-8-7-9(2)14-11(13-8)15-10-3-5-12-6-4-10/h7-8,11-12,15-17,22H,5-6,9-10,13-14,18H2,1-4H3,(H,27,28,29);7,10,12H,3-6H2,1-2H3,(H,13,14,15). The number of nitrogens with one attached hydrogen (secondary N) is 3. The van der Waals surface area contributed by atoms with Crippen molar-refractivity contribution in [3.8, 4) is 17.2 Å². The third-order valence-corrected chi connectivity index (χ3v) is 8.53. The Morgan fingerprint density at radius 2 is 1.15 bits per heavy atom. The number of hydrogen-bond acceptors (Lipinski definition) is 10. The Morgan fingerprint density at radius 1 is 0.688 bits per heavy atom. The summed E-state index contributed by atoms with van der Waals surface area (Å²) < 4.78 is 14.1. The summed E-state index contributed by atoms with van der Waals surface area (Å²) in [6.45, 7) is 18.4. The average Bonchev–Trinajstić information content (AvgIpc) is 3.57. The summed E-state index contributed by atoms with van der Waals surface area (Å²) in [5.74, 6) is 3.24. The van der Waals surface area contributed by atoms with E-state index < -0.39 is 0 Å². The predicted molar refractivity (Wildman–Crippen MR) is 193 cm³/mol. The maximum atomic E-state index is 6.04. The van der Waals surface area contributed by atoms with Gasteiger partial charge in [-0.25, -0.2) is 19.9 Å². The summed E-state index contributed by atoms with van der Waals surface area (Å²) in [6.07, 6.45) is 8.48. The van der Waals surface area contributed by atoms with E-state index in [1.807, 2.05) is 78.2 Å². The van der Waals surface area contributed by atoms with Crippen LogP contribution in [0.25, 0.3) is 5.69 Å². The number of anilines is 2. The quantitative estimate of drug-likeness (QED) is 0.177. The molecule has 3 aromatic heterocycles. The van der Waals surface area contributed by atoms with Crippen LogP contribution in [0.2, 0.25) is 0 Å². The summed E-state index contributed by atoms with van der Waals surface area (Å²) >= 11 is 0. The van der Waals surface area contributed by atoms with Gasteiger partial charge >= 0.3 is 0 Å². The molecule has 11 nitrogen and oxygen atoms in total. The summed E-state index contributed by atoms with van der Waals surface area (Å²) in [6, 6.07) is 13.3. The van der Waals surface area contributed by atoms with Gasteiger partial charge in [-0.05, 0) is 122 Å². The normalized spacial score (nSPS) is 15.8. The van der Waals surface area contributed by atoms with Gasteiger partial charge in [-0.1, -0.05) is 0 Å². The number of aromatic nitrogens is 5. The molecule has 4 aromatic rings. The van der Waals surface area contributed by atoms with Crippen molar-refractivity contribution >= 4 is 11.9 Å². The monoisotopic (exact) mass is 655 g/mol. The van der Waals surface area contributed by atoms with Gasteiger partial charge in [0.1, 0.15) is 17.2 Å². The van der Waals surface area contributed by atoms with Crippen LogP contribution in [0.4, 0.5) is 11.9 Å². The van der Waals surface area contributed by atoms with Crippen LogP contribution < -0.4 is 25.4 Å². The molecule has 0 unspecified atom stereocenters. The molecule has 0 spiro atoms. The molecule has 2 saturated heterocycles. The summed E-state index contributed by atoms with van der Waals surface area (Å²) in [5.41, 5.74) is 6.23. The minimum atomic E-state index is 0.400. The summed E-state index contributed by atoms with van der Waals surface area (Å²) in [7, 11) is 0. The molecular weight excluding hydrogens is 602 g/mol. The van der Waals surface area contributed by atoms with E-state index in [4.69, 9.17) is 9.47 Å². The minimum absolute atomic E-state index is 0.400. The van der Waals surface area contributed by atoms with E-state index in [2.05, 4.69) is 57.5 Å². The lowest BCUT2D eigenvalue weighted by Gasteiger charge is -2.32. The van der Waals surface area contributed by atoms with Gasteiger partial charge in [-0.2, -0.15) is 0 Å². The van der Waals surface area contributed by atoms with Gasteiger partial charge in [0.05, 0.1) is 13.2 Å². The van der Waals surface area contributed by atoms with E-state index in [-0.39, 0.29) is 0 Å². The van der Waals surface area contributed by atoms with Gasteiger partial charge < -0.3 is 30.0 Å². The zero-order chi connectivity index (χ0) is 33.9. The van der Waals surface area contributed by atoms with Crippen LogP contribution in [0.1, 0.15) is 67.9 Å². The predicted octanol–water partition coefficient (Wildman–Crippen LogP) is 6.02. The van der Waals surface area contributed by atoms with Crippen LogP contribution >= 0.6 is 0 Å². The molecule has 0 atom stereocenters. The third kappa shape index (κ3) is 10.1. The van der Waals surface area contributed by atoms with Gasteiger partial charge in [0.2, 0.25) is 11.9 Å². The number of nitrogens with zero attached hydrogens (tertiary/aromatic N) is 6. The average molecular weight is 656 g/mol. The molecule has 1 aromatic carbocycles. The smallest absolute Gasteiger partial charge is 0.223 e. The molecule has 2 fully saturated rings. The Labute approximate surface area is 285 Å². The summed E-state index contributed by atoms with van der Waals surface area (Å²) in [5, 5.41) is 10.3. The van der Waals surface area contributed by atoms with Crippen LogP contribution in [-0.2, 0) is 6.54 Å². The molecule has 0 saturated carbocycles. The number of likely N-dealkylation sites (tertiary alicyclic amines) is 1. The molecule has 0 radical (unpaired) electrons. The van der Waals surface area contributed by atoms with Crippen LogP contribution in [0.15, 0.2) is 48.8 Å². The molecule has 6 rings (SSSR count). The maximum absolute atomic E-state index is 6.04. The zero-order valence-electron chi connectivity index (χ0n) is 29.6. The Kier molecular flexibility index (Phi) is 12.6. The highest BCUT2D eigenvalue weighted by Crippen LogP contribution is 2.35. The molecule has 0 aliphatic carbocycles. The van der Waals surface area contributed by atoms with Crippen molar-refractivity contribution < 1.29 is 9.47 Å². The first kappa shape index (κ1) is 35.1. The molecular formula is C37H53N9O2. The molecule has 11 heteroatoms. The highest BCUT2D eigenvalue weighted by molar-refractivity contribution is 5.59. The molecule has 0 bridgehead atoms. The number of ether oxygens (including phenoxy) is 2. The van der Waals surface area contributed by atoms with Crippen LogP contribution in [-0.4, -0.2) is 80.9 Å². The summed E-state index contributed by atoms with van der Waals surface area (Å²) in [4.78, 5) is 20.3. The van der Waals surface area contributed by atoms with Crippen molar-refractivity contribution in [3.05, 3.63) is 77.1 Å². The number of benzene rings is 1. The lowest BCUT2D eigenvalue weighted by molar-refractivity contribution is 0.210. The molecule has 0 amide bonds. The second kappa shape index (κ2) is 17.3. The second-order valence-electron chi connectivity index (χ2n) is 12.7. The molecule has 48 heavy (non-hydrogen) atoms. The minimum Gasteiger partial charge on any atom is -0.492 e. The van der Waals surface area contributed by atoms with Gasteiger partial charge in [0.25, 0.3) is 0 Å². The van der Waals surface area contributed by atoms with Gasteiger partial charge in [0.15, 0.2) is 0 Å². The topological polar surface area (TPSA) is 114 Å². The largest absolute Gasteiger partial charge is 0.492 e. The first-order valence-corrected chi connectivity index (χ1v) is 17.5. The lowest BCUT2D eigenvalue weighted by Crippen LogP contribution is -2.39. The molecule has 258 valence electrons. The van der Waals surface area contributed by atoms with Gasteiger partial charge in [-0.3, -0.25) is 4.90 Å². The number of rotatable bonds is 11. The van der Waals surface area contributed by atoms with Crippen LogP contribution in [0.3, 0.4) is 0 Å². The Bertz CT molecular complexity index is 1510. The van der Waals surface area contributed by atoms with E-state index in [9.17, 15) is 0 Å². The number of hydrogen-bond donors (Lipinski definition) is 3. The fraction of sp³-hybridized carbons (Fsp3) is 0.514. The Balaban J connectivity index is 0.000000250. The Morgan fingerprint density at radius 3 is 1.60 bits per heavy atom. The van der Waals surface area contributed by atoms with Crippen molar-refractivity contribution in [2.45, 2.75) is 85.9 Å². The van der Waals surface area contributed by atoms with Crippen molar-refractivity contribution in [1.29, 1.82) is 0 Å². The van der Waals surface area contributed by atoms with Crippen LogP contribution in [0, 0.1) is 27.7 Å². The highest BCUT2D eigenvalue weighted by Gasteiger charge is 2.22. The van der Waals surface area contributed by atoms with Crippen LogP contribution in [0.5, 0.6) is 11.5 Å². The SMILES string of the molecule is CCOc1cc(CN2CCC(Nc3nc(C)cc(C)n3)CC2)cc(OCC)c1-n1cccc1.Cc1cc(C)nc(NC2CCNCC2)n1. The second-order valence-corrected chi connectivity index (χ2v) is 12.7. The van der Waals surface area contributed by atoms with Crippen molar-refractivity contribution in [2.24, 2.45) is 0 Å². The highest BCUT2D eigenvalue weighted by atomic mass is 16.5. The van der Waals surface area contributed by atoms with E-state index in [0.29, 0.717) is 25.3 Å². The fourth-order valence-electron chi connectivity index (χ4n) is 6.40. The fourth-order valence-corrected chi connectivity index (χ4v) is 6.40. The van der Waals surface area contributed by atoms with Gasteiger partial charge in [-0.15, -0.1) is 0 Å². The first-order valence-electron chi connectivity index (χ1n) is 17.5. The third-order valence-electron chi connectivity index (χ3n) is 8.53. The van der Waals surface area contributed by atoms with Crippen molar-refractivity contribution in [1.82, 2.24) is 34.7 Å². The van der Waals surface area contributed by atoms with Crippen molar-refractivity contribution in [3.63, 3.8) is 0 Å². The molecule has 3 N–H and O–H groups in total. The van der Waals surface area contributed by atoms with E-state index in [0.717, 1.165) is 110 Å². The molecule has 2 aliphatic rings. The zero-order valence-corrected chi connectivity index (χ0v) is 29.6.